The Morgan fingerprint density at radius 2 is 2.18 bits per heavy atom. The van der Waals surface area contributed by atoms with Crippen LogP contribution in [0.2, 0.25) is 0 Å². The molecule has 0 saturated carbocycles. The summed E-state index contributed by atoms with van der Waals surface area (Å²) in [6.07, 6.45) is 0.899. The van der Waals surface area contributed by atoms with Crippen LogP contribution in [0, 0.1) is 5.41 Å². The van der Waals surface area contributed by atoms with Crippen LogP contribution in [0.5, 0.6) is 5.75 Å². The quantitative estimate of drug-likeness (QED) is 0.851. The second kappa shape index (κ2) is 4.40. The Morgan fingerprint density at radius 1 is 1.41 bits per heavy atom. The Kier molecular flexibility index (Phi) is 3.09. The van der Waals surface area contributed by atoms with Gasteiger partial charge >= 0.3 is 0 Å². The van der Waals surface area contributed by atoms with Gasteiger partial charge in [-0.15, -0.1) is 0 Å². The van der Waals surface area contributed by atoms with Gasteiger partial charge in [-0.25, -0.2) is 0 Å². The number of carbonyl (C=O) groups excluding carboxylic acids is 1. The van der Waals surface area contributed by atoms with Gasteiger partial charge in [0.05, 0.1) is 6.61 Å². The van der Waals surface area contributed by atoms with Crippen molar-refractivity contribution in [1.29, 1.82) is 0 Å². The van der Waals surface area contributed by atoms with E-state index in [9.17, 15) is 4.79 Å². The fourth-order valence-corrected chi connectivity index (χ4v) is 1.78. The molecule has 0 atom stereocenters. The number of fused-ring (bicyclic) bond motifs is 1. The summed E-state index contributed by atoms with van der Waals surface area (Å²) in [7, 11) is 0. The zero-order chi connectivity index (χ0) is 12.5. The zero-order valence-electron chi connectivity index (χ0n) is 10.7. The first kappa shape index (κ1) is 12.0. The predicted octanol–water partition coefficient (Wildman–Crippen LogP) is 2.40. The summed E-state index contributed by atoms with van der Waals surface area (Å²) in [5, 5.41) is 2.95. The minimum absolute atomic E-state index is 0.00498. The van der Waals surface area contributed by atoms with E-state index in [1.807, 2.05) is 18.2 Å². The largest absolute Gasteiger partial charge is 0.493 e. The van der Waals surface area contributed by atoms with Crippen LogP contribution in [0.4, 0.5) is 0 Å². The summed E-state index contributed by atoms with van der Waals surface area (Å²) in [4.78, 5) is 11.9. The van der Waals surface area contributed by atoms with Gasteiger partial charge in [0.25, 0.3) is 5.91 Å². The molecule has 17 heavy (non-hydrogen) atoms. The molecule has 1 N–H and O–H groups in total. The van der Waals surface area contributed by atoms with Crippen LogP contribution in [0.3, 0.4) is 0 Å². The average Bonchev–Trinajstić information content (AvgIpc) is 2.71. The number of nitrogens with one attached hydrogen (secondary N) is 1. The van der Waals surface area contributed by atoms with E-state index >= 15 is 0 Å². The molecule has 3 nitrogen and oxygen atoms in total. The van der Waals surface area contributed by atoms with Gasteiger partial charge in [0, 0.05) is 18.5 Å². The molecule has 0 bridgehead atoms. The zero-order valence-corrected chi connectivity index (χ0v) is 10.7. The Hall–Kier alpha value is -1.51. The summed E-state index contributed by atoms with van der Waals surface area (Å²) in [6, 6.07) is 5.64. The smallest absolute Gasteiger partial charge is 0.251 e. The van der Waals surface area contributed by atoms with E-state index in [1.165, 1.54) is 0 Å². The summed E-state index contributed by atoms with van der Waals surface area (Å²) in [6.45, 7) is 7.71. The lowest BCUT2D eigenvalue weighted by Gasteiger charge is -2.18. The van der Waals surface area contributed by atoms with E-state index in [-0.39, 0.29) is 11.3 Å². The van der Waals surface area contributed by atoms with Crippen molar-refractivity contribution in [3.63, 3.8) is 0 Å². The first-order valence-corrected chi connectivity index (χ1v) is 6.00. The molecule has 1 amide bonds. The van der Waals surface area contributed by atoms with Crippen molar-refractivity contribution in [2.75, 3.05) is 13.2 Å². The number of amides is 1. The van der Waals surface area contributed by atoms with Gasteiger partial charge in [0.1, 0.15) is 5.75 Å². The van der Waals surface area contributed by atoms with E-state index in [1.54, 1.807) is 0 Å². The minimum Gasteiger partial charge on any atom is -0.493 e. The molecule has 0 fully saturated rings. The highest BCUT2D eigenvalue weighted by molar-refractivity contribution is 5.94. The summed E-state index contributed by atoms with van der Waals surface area (Å²) in [5.74, 6) is 0.909. The lowest BCUT2D eigenvalue weighted by molar-refractivity contribution is 0.0939. The highest BCUT2D eigenvalue weighted by Gasteiger charge is 2.16. The van der Waals surface area contributed by atoms with E-state index in [0.29, 0.717) is 6.54 Å². The van der Waals surface area contributed by atoms with E-state index in [0.717, 1.165) is 29.9 Å². The number of rotatable bonds is 2. The van der Waals surface area contributed by atoms with Crippen LogP contribution >= 0.6 is 0 Å². The van der Waals surface area contributed by atoms with Crippen molar-refractivity contribution >= 4 is 5.91 Å². The Bertz CT molecular complexity index is 432. The van der Waals surface area contributed by atoms with Crippen molar-refractivity contribution in [3.05, 3.63) is 29.3 Å². The number of hydrogen-bond donors (Lipinski definition) is 1. The predicted molar refractivity (Wildman–Crippen MR) is 67.4 cm³/mol. The van der Waals surface area contributed by atoms with Gasteiger partial charge in [-0.1, -0.05) is 20.8 Å². The lowest BCUT2D eigenvalue weighted by atomic mass is 9.97. The molecule has 0 unspecified atom stereocenters. The molecular formula is C14H19NO2. The average molecular weight is 233 g/mol. The molecule has 1 heterocycles. The van der Waals surface area contributed by atoms with Gasteiger partial charge in [0.2, 0.25) is 0 Å². The van der Waals surface area contributed by atoms with Crippen molar-refractivity contribution in [2.24, 2.45) is 5.41 Å². The molecule has 0 spiro atoms. The van der Waals surface area contributed by atoms with E-state index in [2.05, 4.69) is 26.1 Å². The highest BCUT2D eigenvalue weighted by atomic mass is 16.5. The van der Waals surface area contributed by atoms with Crippen LogP contribution in [-0.2, 0) is 6.42 Å². The van der Waals surface area contributed by atoms with Crippen LogP contribution in [0.25, 0.3) is 0 Å². The summed E-state index contributed by atoms with van der Waals surface area (Å²) in [5.41, 5.74) is 1.96. The third-order valence-corrected chi connectivity index (χ3v) is 2.73. The molecule has 1 aliphatic heterocycles. The van der Waals surface area contributed by atoms with Crippen molar-refractivity contribution in [1.82, 2.24) is 5.32 Å². The van der Waals surface area contributed by atoms with Gasteiger partial charge in [-0.05, 0) is 29.2 Å². The van der Waals surface area contributed by atoms with Gasteiger partial charge in [-0.3, -0.25) is 4.79 Å². The van der Waals surface area contributed by atoms with E-state index in [4.69, 9.17) is 4.74 Å². The standard InChI is InChI=1S/C14H19NO2/c1-14(2,3)9-15-13(16)11-4-5-12-10(8-11)6-7-17-12/h4-5,8H,6-7,9H2,1-3H3,(H,15,16). The first-order valence-electron chi connectivity index (χ1n) is 6.00. The van der Waals surface area contributed by atoms with Gasteiger partial charge < -0.3 is 10.1 Å². The number of benzene rings is 1. The third-order valence-electron chi connectivity index (χ3n) is 2.73. The fraction of sp³-hybridized carbons (Fsp3) is 0.500. The number of ether oxygens (including phenoxy) is 1. The molecule has 92 valence electrons. The molecule has 0 saturated heterocycles. The van der Waals surface area contributed by atoms with Crippen LogP contribution < -0.4 is 10.1 Å². The normalized spacial score (nSPS) is 14.1. The fourth-order valence-electron chi connectivity index (χ4n) is 1.78. The van der Waals surface area contributed by atoms with Crippen molar-refractivity contribution in [2.45, 2.75) is 27.2 Å². The molecule has 0 radical (unpaired) electrons. The summed E-state index contributed by atoms with van der Waals surface area (Å²) < 4.78 is 5.42. The lowest BCUT2D eigenvalue weighted by Crippen LogP contribution is -2.32. The molecule has 0 aromatic heterocycles. The highest BCUT2D eigenvalue weighted by Crippen LogP contribution is 2.25. The maximum Gasteiger partial charge on any atom is 0.251 e. The number of hydrogen-bond acceptors (Lipinski definition) is 2. The number of carbonyl (C=O) groups is 1. The third kappa shape index (κ3) is 2.99. The van der Waals surface area contributed by atoms with Crippen molar-refractivity contribution in [3.8, 4) is 5.75 Å². The van der Waals surface area contributed by atoms with Crippen LogP contribution in [0.15, 0.2) is 18.2 Å². The van der Waals surface area contributed by atoms with E-state index < -0.39 is 0 Å². The molecule has 1 aromatic carbocycles. The summed E-state index contributed by atoms with van der Waals surface area (Å²) >= 11 is 0. The van der Waals surface area contributed by atoms with Gasteiger partial charge in [0.15, 0.2) is 0 Å². The maximum absolute atomic E-state index is 11.9. The Labute approximate surface area is 102 Å². The van der Waals surface area contributed by atoms with Gasteiger partial charge in [-0.2, -0.15) is 0 Å². The maximum atomic E-state index is 11.9. The first-order chi connectivity index (χ1) is 7.96. The molecule has 1 aliphatic rings. The molecule has 0 aliphatic carbocycles. The monoisotopic (exact) mass is 233 g/mol. The Morgan fingerprint density at radius 3 is 2.88 bits per heavy atom. The molecule has 1 aromatic rings. The molecular weight excluding hydrogens is 214 g/mol. The van der Waals surface area contributed by atoms with Crippen LogP contribution in [-0.4, -0.2) is 19.1 Å². The topological polar surface area (TPSA) is 38.3 Å². The molecule has 2 rings (SSSR count). The second-order valence-corrected chi connectivity index (χ2v) is 5.66. The SMILES string of the molecule is CC(C)(C)CNC(=O)c1ccc2c(c1)CCO2. The Balaban J connectivity index is 2.05. The van der Waals surface area contributed by atoms with Crippen molar-refractivity contribution < 1.29 is 9.53 Å². The molecule has 3 heteroatoms. The second-order valence-electron chi connectivity index (χ2n) is 5.66. The minimum atomic E-state index is -0.00498. The van der Waals surface area contributed by atoms with Crippen LogP contribution in [0.1, 0.15) is 36.7 Å².